The van der Waals surface area contributed by atoms with Gasteiger partial charge in [-0.15, -0.1) is 0 Å². The van der Waals surface area contributed by atoms with Gasteiger partial charge in [0.15, 0.2) is 5.50 Å². The number of rotatable bonds is 5. The Morgan fingerprint density at radius 3 is 2.77 bits per heavy atom. The van der Waals surface area contributed by atoms with Crippen LogP contribution in [-0.2, 0) is 16.1 Å². The molecule has 0 bridgehead atoms. The van der Waals surface area contributed by atoms with Gasteiger partial charge in [0.1, 0.15) is 11.5 Å². The first kappa shape index (κ1) is 17.9. The van der Waals surface area contributed by atoms with E-state index in [2.05, 4.69) is 20.0 Å². The number of ether oxygens (including phenoxy) is 1. The molecule has 3 rings (SSSR count). The third-order valence-electron chi connectivity index (χ3n) is 4.11. The van der Waals surface area contributed by atoms with Gasteiger partial charge in [-0.05, 0) is 24.3 Å². The lowest BCUT2D eigenvalue weighted by atomic mass is 10.2. The van der Waals surface area contributed by atoms with Crippen LogP contribution in [0.4, 0.5) is 11.5 Å². The minimum absolute atomic E-state index is 0.0647. The van der Waals surface area contributed by atoms with Gasteiger partial charge in [-0.2, -0.15) is 0 Å². The third kappa shape index (κ3) is 3.55. The van der Waals surface area contributed by atoms with Crippen molar-refractivity contribution in [1.82, 2.24) is 9.55 Å². The number of hydrogen-bond donors (Lipinski definition) is 1. The lowest BCUT2D eigenvalue weighted by Crippen LogP contribution is -2.27. The van der Waals surface area contributed by atoms with E-state index in [9.17, 15) is 9.59 Å². The molecule has 1 aliphatic rings. The number of alkyl halides is 1. The molecule has 2 aromatic rings. The van der Waals surface area contributed by atoms with Crippen molar-refractivity contribution in [2.45, 2.75) is 18.5 Å². The molecular formula is C17H18ClN5O3. The van der Waals surface area contributed by atoms with Crippen LogP contribution in [0.15, 0.2) is 35.6 Å². The van der Waals surface area contributed by atoms with Crippen molar-refractivity contribution in [3.05, 3.63) is 41.9 Å². The average Bonchev–Trinajstić information content (AvgIpc) is 3.09. The number of nitrogens with one attached hydrogen (secondary N) is 1. The predicted molar refractivity (Wildman–Crippen MR) is 98.7 cm³/mol. The molecule has 1 atom stereocenters. The molecule has 0 spiro atoms. The minimum atomic E-state index is -0.515. The Morgan fingerprint density at radius 2 is 2.08 bits per heavy atom. The van der Waals surface area contributed by atoms with E-state index in [-0.39, 0.29) is 12.3 Å². The zero-order chi connectivity index (χ0) is 18.7. The molecule has 1 amide bonds. The summed E-state index contributed by atoms with van der Waals surface area (Å²) in [6, 6.07) is 6.67. The van der Waals surface area contributed by atoms with Crippen LogP contribution >= 0.6 is 11.6 Å². The second-order valence-corrected chi connectivity index (χ2v) is 6.08. The van der Waals surface area contributed by atoms with Crippen molar-refractivity contribution in [3.63, 3.8) is 0 Å². The second-order valence-electron chi connectivity index (χ2n) is 5.67. The lowest BCUT2D eigenvalue weighted by molar-refractivity contribution is -0.118. The number of fused-ring (bicyclic) bond motifs is 1. The van der Waals surface area contributed by atoms with Crippen LogP contribution in [0, 0.1) is 0 Å². The van der Waals surface area contributed by atoms with Crippen LogP contribution in [0.2, 0.25) is 0 Å². The number of hydrogen-bond acceptors (Lipinski definition) is 6. The fourth-order valence-electron chi connectivity index (χ4n) is 2.60. The Balaban J connectivity index is 1.63. The van der Waals surface area contributed by atoms with Crippen molar-refractivity contribution in [3.8, 4) is 0 Å². The van der Waals surface area contributed by atoms with Gasteiger partial charge in [-0.1, -0.05) is 11.6 Å². The molecule has 1 N–H and O–H groups in total. The minimum Gasteiger partial charge on any atom is -0.465 e. The molecule has 0 saturated heterocycles. The summed E-state index contributed by atoms with van der Waals surface area (Å²) in [5, 5.41) is 3.00. The Hall–Kier alpha value is -2.87. The summed E-state index contributed by atoms with van der Waals surface area (Å²) in [4.78, 5) is 33.7. The predicted octanol–water partition coefficient (Wildman–Crippen LogP) is 2.41. The number of anilines is 2. The highest BCUT2D eigenvalue weighted by molar-refractivity contribution is 6.21. The number of carbonyl (C=O) groups excluding carboxylic acids is 2. The number of aryl methyl sites for hydroxylation is 1. The number of amides is 1. The molecule has 9 heteroatoms. The molecule has 1 aromatic heterocycles. The number of benzene rings is 1. The third-order valence-corrected chi connectivity index (χ3v) is 4.43. The number of methoxy groups -OCH3 is 1. The zero-order valence-corrected chi connectivity index (χ0v) is 15.1. The molecule has 2 heterocycles. The van der Waals surface area contributed by atoms with Crippen LogP contribution in [-0.4, -0.2) is 41.9 Å². The molecule has 26 heavy (non-hydrogen) atoms. The summed E-state index contributed by atoms with van der Waals surface area (Å²) < 4.78 is 6.50. The second kappa shape index (κ2) is 7.57. The van der Waals surface area contributed by atoms with Crippen molar-refractivity contribution >= 4 is 41.3 Å². The van der Waals surface area contributed by atoms with Crippen molar-refractivity contribution in [1.29, 1.82) is 0 Å². The molecule has 0 radical (unpaired) electrons. The van der Waals surface area contributed by atoms with Gasteiger partial charge < -0.3 is 19.5 Å². The first-order chi connectivity index (χ1) is 12.5. The Labute approximate surface area is 155 Å². The normalized spacial score (nSPS) is 15.1. The van der Waals surface area contributed by atoms with Crippen LogP contribution in [0.1, 0.15) is 28.0 Å². The number of imidazole rings is 1. The number of nitrogens with zero attached hydrogens (tertiary/aromatic N) is 4. The average molecular weight is 376 g/mol. The highest BCUT2D eigenvalue weighted by Crippen LogP contribution is 2.30. The topological polar surface area (TPSA) is 88.8 Å². The fraction of sp³-hybridized carbons (Fsp3) is 0.294. The van der Waals surface area contributed by atoms with Crippen molar-refractivity contribution in [2.75, 3.05) is 24.4 Å². The smallest absolute Gasteiger partial charge is 0.337 e. The standard InChI is InChI=1S/C17H18ClN5O3/c1-22(12-5-3-11(4-6-12)17(25)26-2)13(24)7-8-23-10-21-14-15(18)19-9-20-16(14)23/h3-6,9-10,15H,7-8H2,1-2H3,(H,19,20). The van der Waals surface area contributed by atoms with E-state index in [0.717, 1.165) is 5.82 Å². The van der Waals surface area contributed by atoms with Crippen molar-refractivity contribution in [2.24, 2.45) is 4.99 Å². The lowest BCUT2D eigenvalue weighted by Gasteiger charge is -2.19. The van der Waals surface area contributed by atoms with Gasteiger partial charge in [0.25, 0.3) is 0 Å². The summed E-state index contributed by atoms with van der Waals surface area (Å²) in [6.07, 6.45) is 3.44. The van der Waals surface area contributed by atoms with Gasteiger partial charge in [0.05, 0.1) is 25.3 Å². The summed E-state index contributed by atoms with van der Waals surface area (Å²) in [7, 11) is 3.02. The highest BCUT2D eigenvalue weighted by Gasteiger charge is 2.21. The van der Waals surface area contributed by atoms with E-state index in [1.54, 1.807) is 42.5 Å². The van der Waals surface area contributed by atoms with E-state index in [4.69, 9.17) is 11.6 Å². The van der Waals surface area contributed by atoms with Crippen molar-refractivity contribution < 1.29 is 14.3 Å². The van der Waals surface area contributed by atoms with Crippen LogP contribution < -0.4 is 10.2 Å². The number of carbonyl (C=O) groups is 2. The molecule has 0 saturated carbocycles. The van der Waals surface area contributed by atoms with E-state index in [1.165, 1.54) is 13.4 Å². The number of aliphatic imine (C=N–C) groups is 1. The van der Waals surface area contributed by atoms with Crippen LogP contribution in [0.5, 0.6) is 0 Å². The summed E-state index contributed by atoms with van der Waals surface area (Å²) in [6.45, 7) is 0.455. The van der Waals surface area contributed by atoms with Gasteiger partial charge in [0, 0.05) is 25.7 Å². The van der Waals surface area contributed by atoms with E-state index >= 15 is 0 Å². The molecule has 8 nitrogen and oxygen atoms in total. The van der Waals surface area contributed by atoms with Crippen LogP contribution in [0.3, 0.4) is 0 Å². The maximum Gasteiger partial charge on any atom is 0.337 e. The summed E-state index contributed by atoms with van der Waals surface area (Å²) in [5.74, 6) is 0.270. The SMILES string of the molecule is COC(=O)c1ccc(N(C)C(=O)CCn2cnc3c2NC=NC3Cl)cc1. The molecule has 0 fully saturated rings. The Kier molecular flexibility index (Phi) is 5.22. The molecular weight excluding hydrogens is 358 g/mol. The van der Waals surface area contributed by atoms with E-state index < -0.39 is 11.5 Å². The Bertz CT molecular complexity index is 847. The molecule has 1 aromatic carbocycles. The van der Waals surface area contributed by atoms with Gasteiger partial charge in [-0.25, -0.2) is 14.8 Å². The van der Waals surface area contributed by atoms with E-state index in [0.29, 0.717) is 23.5 Å². The largest absolute Gasteiger partial charge is 0.465 e. The molecule has 0 aliphatic carbocycles. The first-order valence-electron chi connectivity index (χ1n) is 7.93. The molecule has 1 aliphatic heterocycles. The summed E-state index contributed by atoms with van der Waals surface area (Å²) >= 11 is 6.08. The van der Waals surface area contributed by atoms with Gasteiger partial charge in [0.2, 0.25) is 5.91 Å². The zero-order valence-electron chi connectivity index (χ0n) is 14.3. The first-order valence-corrected chi connectivity index (χ1v) is 8.37. The van der Waals surface area contributed by atoms with E-state index in [1.807, 2.05) is 4.57 Å². The highest BCUT2D eigenvalue weighted by atomic mass is 35.5. The number of aromatic nitrogens is 2. The summed E-state index contributed by atoms with van der Waals surface area (Å²) in [5.41, 5.74) is 1.26. The number of halogens is 1. The molecule has 136 valence electrons. The maximum atomic E-state index is 12.5. The Morgan fingerprint density at radius 1 is 1.35 bits per heavy atom. The number of esters is 1. The maximum absolute atomic E-state index is 12.5. The van der Waals surface area contributed by atoms with Gasteiger partial charge in [-0.3, -0.25) is 4.79 Å². The van der Waals surface area contributed by atoms with Crippen LogP contribution in [0.25, 0.3) is 0 Å². The molecule has 1 unspecified atom stereocenters. The quantitative estimate of drug-likeness (QED) is 0.492. The fourth-order valence-corrected chi connectivity index (χ4v) is 2.82. The van der Waals surface area contributed by atoms with Gasteiger partial charge >= 0.3 is 5.97 Å². The monoisotopic (exact) mass is 375 g/mol.